The first-order chi connectivity index (χ1) is 10.4. The molecule has 5 nitrogen and oxygen atoms in total. The van der Waals surface area contributed by atoms with Crippen LogP contribution in [-0.2, 0) is 17.1 Å². The van der Waals surface area contributed by atoms with Gasteiger partial charge in [-0.1, -0.05) is 51.9 Å². The van der Waals surface area contributed by atoms with Gasteiger partial charge in [0.15, 0.2) is 0 Å². The van der Waals surface area contributed by atoms with Crippen LogP contribution in [0.1, 0.15) is 69.7 Å². The second kappa shape index (κ2) is 9.30. The SMILES string of the molecule is CCCCCCCCCCNS(=O)(=O)c1c(C)nn(C)c1C. The number of rotatable bonds is 11. The average Bonchev–Trinajstić information content (AvgIpc) is 2.70. The van der Waals surface area contributed by atoms with E-state index in [0.717, 1.165) is 12.8 Å². The first kappa shape index (κ1) is 19.2. The maximum atomic E-state index is 12.3. The lowest BCUT2D eigenvalue weighted by Crippen LogP contribution is -2.25. The third-order valence-electron chi connectivity index (χ3n) is 4.03. The highest BCUT2D eigenvalue weighted by atomic mass is 32.2. The Bertz CT molecular complexity index is 550. The van der Waals surface area contributed by atoms with E-state index in [-0.39, 0.29) is 0 Å². The second-order valence-electron chi connectivity index (χ2n) is 6.00. The van der Waals surface area contributed by atoms with Crippen molar-refractivity contribution in [2.24, 2.45) is 7.05 Å². The smallest absolute Gasteiger partial charge is 0.244 e. The van der Waals surface area contributed by atoms with Crippen molar-refractivity contribution in [2.75, 3.05) is 6.54 Å². The summed E-state index contributed by atoms with van der Waals surface area (Å²) in [4.78, 5) is 0.328. The predicted octanol–water partition coefficient (Wildman–Crippen LogP) is 3.46. The number of hydrogen-bond donors (Lipinski definition) is 1. The van der Waals surface area contributed by atoms with Crippen LogP contribution >= 0.6 is 0 Å². The van der Waals surface area contributed by atoms with Crippen molar-refractivity contribution in [1.29, 1.82) is 0 Å². The van der Waals surface area contributed by atoms with Gasteiger partial charge in [-0.15, -0.1) is 0 Å². The molecule has 0 fully saturated rings. The van der Waals surface area contributed by atoms with Crippen molar-refractivity contribution in [2.45, 2.75) is 77.0 Å². The Hall–Kier alpha value is -0.880. The zero-order valence-electron chi connectivity index (χ0n) is 14.5. The lowest BCUT2D eigenvalue weighted by Gasteiger charge is -2.07. The molecule has 0 radical (unpaired) electrons. The normalized spacial score (nSPS) is 12.0. The maximum Gasteiger partial charge on any atom is 0.244 e. The molecule has 0 aliphatic carbocycles. The molecule has 0 bridgehead atoms. The molecule has 0 atom stereocenters. The van der Waals surface area contributed by atoms with Crippen LogP contribution in [0.3, 0.4) is 0 Å². The van der Waals surface area contributed by atoms with Gasteiger partial charge in [-0.05, 0) is 20.3 Å². The summed E-state index contributed by atoms with van der Waals surface area (Å²) in [6.07, 6.45) is 9.64. The van der Waals surface area contributed by atoms with Crippen molar-refractivity contribution >= 4 is 10.0 Å². The molecule has 0 aromatic carbocycles. The summed E-state index contributed by atoms with van der Waals surface area (Å²) in [6.45, 7) is 6.24. The van der Waals surface area contributed by atoms with Crippen molar-refractivity contribution in [3.05, 3.63) is 11.4 Å². The minimum atomic E-state index is -3.44. The van der Waals surface area contributed by atoms with Crippen LogP contribution < -0.4 is 4.72 Å². The Morgan fingerprint density at radius 2 is 1.55 bits per heavy atom. The summed E-state index contributed by atoms with van der Waals surface area (Å²) in [5, 5.41) is 4.17. The summed E-state index contributed by atoms with van der Waals surface area (Å²) in [7, 11) is -1.68. The highest BCUT2D eigenvalue weighted by molar-refractivity contribution is 7.89. The zero-order valence-corrected chi connectivity index (χ0v) is 15.3. The van der Waals surface area contributed by atoms with Gasteiger partial charge in [0.2, 0.25) is 10.0 Å². The van der Waals surface area contributed by atoms with Gasteiger partial charge in [0.25, 0.3) is 0 Å². The molecule has 1 N–H and O–H groups in total. The van der Waals surface area contributed by atoms with E-state index in [1.54, 1.807) is 25.6 Å². The summed E-state index contributed by atoms with van der Waals surface area (Å²) in [5.41, 5.74) is 1.24. The molecular formula is C16H31N3O2S. The van der Waals surface area contributed by atoms with E-state index in [9.17, 15) is 8.42 Å². The van der Waals surface area contributed by atoms with Gasteiger partial charge in [0, 0.05) is 13.6 Å². The quantitative estimate of drug-likeness (QED) is 0.632. The fourth-order valence-electron chi connectivity index (χ4n) is 2.68. The highest BCUT2D eigenvalue weighted by Gasteiger charge is 2.22. The number of sulfonamides is 1. The molecule has 0 saturated carbocycles. The van der Waals surface area contributed by atoms with Gasteiger partial charge in [-0.3, -0.25) is 4.68 Å². The largest absolute Gasteiger partial charge is 0.271 e. The van der Waals surface area contributed by atoms with E-state index in [1.807, 2.05) is 0 Å². The van der Waals surface area contributed by atoms with Crippen LogP contribution in [-0.4, -0.2) is 24.7 Å². The number of aryl methyl sites for hydroxylation is 2. The third kappa shape index (κ3) is 5.72. The first-order valence-corrected chi connectivity index (χ1v) is 9.88. The topological polar surface area (TPSA) is 64.0 Å². The third-order valence-corrected chi connectivity index (χ3v) is 5.75. The molecule has 0 saturated heterocycles. The zero-order chi connectivity index (χ0) is 16.6. The van der Waals surface area contributed by atoms with E-state index in [2.05, 4.69) is 16.7 Å². The lowest BCUT2D eigenvalue weighted by molar-refractivity contribution is 0.558. The van der Waals surface area contributed by atoms with E-state index in [0.29, 0.717) is 22.8 Å². The molecular weight excluding hydrogens is 298 g/mol. The van der Waals surface area contributed by atoms with E-state index < -0.39 is 10.0 Å². The summed E-state index contributed by atoms with van der Waals surface area (Å²) >= 11 is 0. The van der Waals surface area contributed by atoms with Crippen molar-refractivity contribution in [1.82, 2.24) is 14.5 Å². The number of aromatic nitrogens is 2. The second-order valence-corrected chi connectivity index (χ2v) is 7.70. The molecule has 0 amide bonds. The Morgan fingerprint density at radius 1 is 1.00 bits per heavy atom. The van der Waals surface area contributed by atoms with Crippen molar-refractivity contribution in [3.8, 4) is 0 Å². The number of nitrogens with zero attached hydrogens (tertiary/aromatic N) is 2. The number of unbranched alkanes of at least 4 members (excludes halogenated alkanes) is 7. The summed E-state index contributed by atoms with van der Waals surface area (Å²) < 4.78 is 29.0. The Labute approximate surface area is 135 Å². The highest BCUT2D eigenvalue weighted by Crippen LogP contribution is 2.18. The molecule has 128 valence electrons. The first-order valence-electron chi connectivity index (χ1n) is 8.40. The van der Waals surface area contributed by atoms with Crippen molar-refractivity contribution in [3.63, 3.8) is 0 Å². The summed E-state index contributed by atoms with van der Waals surface area (Å²) in [6, 6.07) is 0. The van der Waals surface area contributed by atoms with Crippen LogP contribution in [0.2, 0.25) is 0 Å². The number of hydrogen-bond acceptors (Lipinski definition) is 3. The standard InChI is InChI=1S/C16H31N3O2S/c1-5-6-7-8-9-10-11-12-13-17-22(20,21)16-14(2)18-19(4)15(16)3/h17H,5-13H2,1-4H3. The van der Waals surface area contributed by atoms with Crippen LogP contribution in [0, 0.1) is 13.8 Å². The lowest BCUT2D eigenvalue weighted by atomic mass is 10.1. The molecule has 0 aliphatic rings. The molecule has 1 aromatic heterocycles. The Morgan fingerprint density at radius 3 is 2.05 bits per heavy atom. The van der Waals surface area contributed by atoms with Gasteiger partial charge in [-0.25, -0.2) is 13.1 Å². The van der Waals surface area contributed by atoms with Gasteiger partial charge in [0.1, 0.15) is 4.90 Å². The molecule has 6 heteroatoms. The van der Waals surface area contributed by atoms with E-state index in [1.165, 1.54) is 38.5 Å². The van der Waals surface area contributed by atoms with Crippen molar-refractivity contribution < 1.29 is 8.42 Å². The van der Waals surface area contributed by atoms with Gasteiger partial charge in [0.05, 0.1) is 11.4 Å². The van der Waals surface area contributed by atoms with E-state index in [4.69, 9.17) is 0 Å². The molecule has 1 rings (SSSR count). The Balaban J connectivity index is 2.29. The van der Waals surface area contributed by atoms with Gasteiger partial charge >= 0.3 is 0 Å². The molecule has 0 aliphatic heterocycles. The Kier molecular flexibility index (Phi) is 8.10. The van der Waals surface area contributed by atoms with Crippen LogP contribution in [0.4, 0.5) is 0 Å². The average molecular weight is 330 g/mol. The molecule has 22 heavy (non-hydrogen) atoms. The van der Waals surface area contributed by atoms with Crippen LogP contribution in [0.15, 0.2) is 4.90 Å². The van der Waals surface area contributed by atoms with Gasteiger partial charge in [-0.2, -0.15) is 5.10 Å². The maximum absolute atomic E-state index is 12.3. The van der Waals surface area contributed by atoms with Crippen LogP contribution in [0.5, 0.6) is 0 Å². The molecule has 1 aromatic rings. The summed E-state index contributed by atoms with van der Waals surface area (Å²) in [5.74, 6) is 0. The predicted molar refractivity (Wildman–Crippen MR) is 90.5 cm³/mol. The fraction of sp³-hybridized carbons (Fsp3) is 0.812. The number of nitrogens with one attached hydrogen (secondary N) is 1. The fourth-order valence-corrected chi connectivity index (χ4v) is 4.19. The minimum Gasteiger partial charge on any atom is -0.271 e. The van der Waals surface area contributed by atoms with Crippen LogP contribution in [0.25, 0.3) is 0 Å². The monoisotopic (exact) mass is 329 g/mol. The molecule has 0 unspecified atom stereocenters. The molecule has 0 spiro atoms. The van der Waals surface area contributed by atoms with Gasteiger partial charge < -0.3 is 0 Å². The minimum absolute atomic E-state index is 0.328. The van der Waals surface area contributed by atoms with E-state index >= 15 is 0 Å². The molecule has 1 heterocycles.